The second-order valence-corrected chi connectivity index (χ2v) is 5.39. The third-order valence-corrected chi connectivity index (χ3v) is 4.21. The lowest BCUT2D eigenvalue weighted by atomic mass is 10.0. The lowest BCUT2D eigenvalue weighted by Crippen LogP contribution is -1.96. The Labute approximate surface area is 115 Å². The number of thiophene rings is 1. The lowest BCUT2D eigenvalue weighted by Gasteiger charge is -2.10. The standard InChI is InChI=1S/C14H15NO3S/c1-7-4-9(11(18-3)5-8(7)2)12-6-10(15)13(19-12)14(16)17/h4-6H,15H2,1-3H3,(H,16,17). The van der Waals surface area contributed by atoms with Crippen molar-refractivity contribution in [2.45, 2.75) is 13.8 Å². The van der Waals surface area contributed by atoms with E-state index in [1.807, 2.05) is 26.0 Å². The van der Waals surface area contributed by atoms with Crippen LogP contribution in [-0.2, 0) is 0 Å². The van der Waals surface area contributed by atoms with Gasteiger partial charge in [-0.15, -0.1) is 11.3 Å². The van der Waals surface area contributed by atoms with Crippen LogP contribution in [0, 0.1) is 13.8 Å². The summed E-state index contributed by atoms with van der Waals surface area (Å²) in [5.41, 5.74) is 9.14. The van der Waals surface area contributed by atoms with Gasteiger partial charge in [0.2, 0.25) is 0 Å². The molecule has 5 heteroatoms. The van der Waals surface area contributed by atoms with Crippen molar-refractivity contribution in [1.82, 2.24) is 0 Å². The fourth-order valence-electron chi connectivity index (χ4n) is 1.86. The van der Waals surface area contributed by atoms with Crippen LogP contribution in [0.25, 0.3) is 10.4 Å². The second kappa shape index (κ2) is 4.93. The van der Waals surface area contributed by atoms with E-state index in [1.54, 1.807) is 13.2 Å². The first-order valence-electron chi connectivity index (χ1n) is 5.72. The largest absolute Gasteiger partial charge is 0.496 e. The van der Waals surface area contributed by atoms with Crippen molar-refractivity contribution in [2.75, 3.05) is 12.8 Å². The Balaban J connectivity index is 2.61. The summed E-state index contributed by atoms with van der Waals surface area (Å²) in [7, 11) is 1.60. The zero-order chi connectivity index (χ0) is 14.2. The van der Waals surface area contributed by atoms with Crippen molar-refractivity contribution in [1.29, 1.82) is 0 Å². The van der Waals surface area contributed by atoms with Gasteiger partial charge in [0, 0.05) is 10.4 Å². The highest BCUT2D eigenvalue weighted by Crippen LogP contribution is 2.39. The number of hydrogen-bond donors (Lipinski definition) is 2. The molecule has 4 nitrogen and oxygen atoms in total. The number of ether oxygens (including phenoxy) is 1. The Morgan fingerprint density at radius 1 is 1.26 bits per heavy atom. The van der Waals surface area contributed by atoms with Crippen LogP contribution in [0.2, 0.25) is 0 Å². The zero-order valence-electron chi connectivity index (χ0n) is 11.0. The van der Waals surface area contributed by atoms with Gasteiger partial charge >= 0.3 is 5.97 Å². The molecule has 1 aromatic carbocycles. The van der Waals surface area contributed by atoms with E-state index >= 15 is 0 Å². The number of methoxy groups -OCH3 is 1. The average Bonchev–Trinajstić information content (AvgIpc) is 2.74. The summed E-state index contributed by atoms with van der Waals surface area (Å²) in [6.45, 7) is 4.01. The van der Waals surface area contributed by atoms with Gasteiger partial charge in [-0.25, -0.2) is 4.79 Å². The van der Waals surface area contributed by atoms with E-state index in [4.69, 9.17) is 15.6 Å². The second-order valence-electron chi connectivity index (χ2n) is 4.34. The van der Waals surface area contributed by atoms with Crippen LogP contribution in [0.4, 0.5) is 5.69 Å². The highest BCUT2D eigenvalue weighted by molar-refractivity contribution is 7.18. The molecule has 0 saturated carbocycles. The maximum atomic E-state index is 11.0. The molecule has 0 spiro atoms. The van der Waals surface area contributed by atoms with Crippen LogP contribution >= 0.6 is 11.3 Å². The summed E-state index contributed by atoms with van der Waals surface area (Å²) in [6.07, 6.45) is 0. The van der Waals surface area contributed by atoms with E-state index in [2.05, 4.69) is 0 Å². The highest BCUT2D eigenvalue weighted by atomic mass is 32.1. The minimum atomic E-state index is -1.00. The SMILES string of the molecule is COc1cc(C)c(C)cc1-c1cc(N)c(C(=O)O)s1. The van der Waals surface area contributed by atoms with Gasteiger partial charge in [-0.1, -0.05) is 0 Å². The normalized spacial score (nSPS) is 10.5. The Hall–Kier alpha value is -2.01. The molecule has 19 heavy (non-hydrogen) atoms. The number of aryl methyl sites for hydroxylation is 2. The number of nitrogen functional groups attached to an aromatic ring is 1. The smallest absolute Gasteiger partial charge is 0.348 e. The van der Waals surface area contributed by atoms with E-state index in [9.17, 15) is 4.79 Å². The van der Waals surface area contributed by atoms with E-state index in [-0.39, 0.29) is 10.6 Å². The van der Waals surface area contributed by atoms with Crippen LogP contribution in [-0.4, -0.2) is 18.2 Å². The van der Waals surface area contributed by atoms with Crippen molar-refractivity contribution in [3.8, 4) is 16.2 Å². The Kier molecular flexibility index (Phi) is 3.48. The van der Waals surface area contributed by atoms with E-state index in [0.717, 1.165) is 38.7 Å². The number of aromatic carboxylic acids is 1. The first kappa shape index (κ1) is 13.4. The maximum absolute atomic E-state index is 11.0. The molecular weight excluding hydrogens is 262 g/mol. The third-order valence-electron chi connectivity index (χ3n) is 3.04. The predicted molar refractivity (Wildman–Crippen MR) is 77.2 cm³/mol. The summed E-state index contributed by atoms with van der Waals surface area (Å²) < 4.78 is 5.36. The molecule has 3 N–H and O–H groups in total. The molecule has 1 heterocycles. The van der Waals surface area contributed by atoms with Gasteiger partial charge in [-0.05, 0) is 43.2 Å². The Bertz CT molecular complexity index is 646. The molecule has 2 rings (SSSR count). The molecule has 1 aromatic heterocycles. The van der Waals surface area contributed by atoms with Crippen molar-refractivity contribution >= 4 is 23.0 Å². The monoisotopic (exact) mass is 277 g/mol. The van der Waals surface area contributed by atoms with Gasteiger partial charge in [-0.3, -0.25) is 0 Å². The first-order valence-corrected chi connectivity index (χ1v) is 6.54. The van der Waals surface area contributed by atoms with Crippen LogP contribution in [0.3, 0.4) is 0 Å². The van der Waals surface area contributed by atoms with Gasteiger partial charge in [-0.2, -0.15) is 0 Å². The van der Waals surface area contributed by atoms with E-state index in [1.165, 1.54) is 0 Å². The number of anilines is 1. The molecule has 0 atom stereocenters. The number of carbonyl (C=O) groups is 1. The number of hydrogen-bond acceptors (Lipinski definition) is 4. The van der Waals surface area contributed by atoms with Crippen LogP contribution in [0.5, 0.6) is 5.75 Å². The molecule has 0 aliphatic rings. The predicted octanol–water partition coefficient (Wildman–Crippen LogP) is 3.32. The van der Waals surface area contributed by atoms with E-state index < -0.39 is 5.97 Å². The number of nitrogens with two attached hydrogens (primary N) is 1. The molecule has 0 aliphatic carbocycles. The molecule has 0 fully saturated rings. The summed E-state index contributed by atoms with van der Waals surface area (Å²) in [6, 6.07) is 5.62. The third kappa shape index (κ3) is 2.42. The van der Waals surface area contributed by atoms with Gasteiger partial charge in [0.05, 0.1) is 12.8 Å². The topological polar surface area (TPSA) is 72.5 Å². The molecule has 0 unspecified atom stereocenters. The van der Waals surface area contributed by atoms with Crippen molar-refractivity contribution in [3.05, 3.63) is 34.2 Å². The van der Waals surface area contributed by atoms with Crippen LogP contribution < -0.4 is 10.5 Å². The molecule has 0 aliphatic heterocycles. The van der Waals surface area contributed by atoms with Gasteiger partial charge in [0.25, 0.3) is 0 Å². The van der Waals surface area contributed by atoms with Gasteiger partial charge in [0.15, 0.2) is 0 Å². The lowest BCUT2D eigenvalue weighted by molar-refractivity contribution is 0.0703. The highest BCUT2D eigenvalue weighted by Gasteiger charge is 2.17. The summed E-state index contributed by atoms with van der Waals surface area (Å²) in [4.78, 5) is 12.0. The quantitative estimate of drug-likeness (QED) is 0.902. The van der Waals surface area contributed by atoms with Crippen molar-refractivity contribution in [2.24, 2.45) is 0 Å². The molecule has 0 saturated heterocycles. The minimum absolute atomic E-state index is 0.162. The molecule has 0 bridgehead atoms. The zero-order valence-corrected chi connectivity index (χ0v) is 11.8. The minimum Gasteiger partial charge on any atom is -0.496 e. The number of benzene rings is 1. The number of carboxylic acids is 1. The van der Waals surface area contributed by atoms with Crippen LogP contribution in [0.15, 0.2) is 18.2 Å². The summed E-state index contributed by atoms with van der Waals surface area (Å²) in [5, 5.41) is 9.05. The van der Waals surface area contributed by atoms with Crippen LogP contribution in [0.1, 0.15) is 20.8 Å². The van der Waals surface area contributed by atoms with Crippen molar-refractivity contribution < 1.29 is 14.6 Å². The summed E-state index contributed by atoms with van der Waals surface area (Å²) >= 11 is 1.16. The van der Waals surface area contributed by atoms with Crippen molar-refractivity contribution in [3.63, 3.8) is 0 Å². The molecular formula is C14H15NO3S. The number of rotatable bonds is 3. The van der Waals surface area contributed by atoms with Gasteiger partial charge < -0.3 is 15.6 Å². The average molecular weight is 277 g/mol. The molecule has 2 aromatic rings. The first-order chi connectivity index (χ1) is 8.93. The van der Waals surface area contributed by atoms with E-state index in [0.29, 0.717) is 0 Å². The number of carboxylic acid groups (broad SMARTS) is 1. The molecule has 0 radical (unpaired) electrons. The summed E-state index contributed by atoms with van der Waals surface area (Å²) in [5.74, 6) is -0.280. The fourth-order valence-corrected chi connectivity index (χ4v) is 2.80. The fraction of sp³-hybridized carbons (Fsp3) is 0.214. The Morgan fingerprint density at radius 3 is 2.42 bits per heavy atom. The molecule has 0 amide bonds. The molecule has 100 valence electrons. The van der Waals surface area contributed by atoms with Gasteiger partial charge in [0.1, 0.15) is 10.6 Å². The maximum Gasteiger partial charge on any atom is 0.348 e. The Morgan fingerprint density at radius 2 is 1.89 bits per heavy atom.